The van der Waals surface area contributed by atoms with Crippen LogP contribution in [0.25, 0.3) is 5.57 Å². The average Bonchev–Trinajstić information content (AvgIpc) is 2.77. The van der Waals surface area contributed by atoms with Crippen LogP contribution in [-0.4, -0.2) is 45.1 Å². The molecule has 176 valence electrons. The largest absolute Gasteiger partial charge is 0.516 e. The standard InChI is InChI=1S/C22H20F3NO6S/c1-3-31-20(27)18-17(14-10-6-5-7-11-14)15-12-8-9-13-16(15)26(19(18)21(28)32-4-2)33(29,30)22(23,24)25/h5-13,19H,3-4H2,1-2H3/t19-/m0/s1. The molecule has 33 heavy (non-hydrogen) atoms. The predicted octanol–water partition coefficient (Wildman–Crippen LogP) is 3.65. The van der Waals surface area contributed by atoms with Crippen LogP contribution in [0.5, 0.6) is 0 Å². The van der Waals surface area contributed by atoms with Crippen molar-refractivity contribution < 1.29 is 40.7 Å². The molecule has 0 aliphatic carbocycles. The summed E-state index contributed by atoms with van der Waals surface area (Å²) in [5.41, 5.74) is -6.26. The molecule has 0 spiro atoms. The Labute approximate surface area is 188 Å². The smallest absolute Gasteiger partial charge is 0.464 e. The SMILES string of the molecule is CCOC(=O)C1=C(c2ccccc2)c2ccccc2N(S(=O)(=O)C(F)(F)F)[C@@H]1C(=O)OCC. The third kappa shape index (κ3) is 4.32. The molecule has 3 rings (SSSR count). The van der Waals surface area contributed by atoms with Crippen molar-refractivity contribution >= 4 is 33.2 Å². The van der Waals surface area contributed by atoms with Gasteiger partial charge in [-0.25, -0.2) is 13.9 Å². The average molecular weight is 483 g/mol. The van der Waals surface area contributed by atoms with E-state index in [0.29, 0.717) is 5.56 Å². The van der Waals surface area contributed by atoms with E-state index in [-0.39, 0.29) is 28.7 Å². The molecule has 11 heteroatoms. The summed E-state index contributed by atoms with van der Waals surface area (Å²) in [6, 6.07) is 11.2. The van der Waals surface area contributed by atoms with Gasteiger partial charge in [-0.2, -0.15) is 21.6 Å². The van der Waals surface area contributed by atoms with E-state index in [9.17, 15) is 31.2 Å². The first-order valence-corrected chi connectivity index (χ1v) is 11.3. The van der Waals surface area contributed by atoms with Crippen LogP contribution >= 0.6 is 0 Å². The minimum atomic E-state index is -6.12. The Kier molecular flexibility index (Phi) is 6.82. The van der Waals surface area contributed by atoms with Crippen molar-refractivity contribution in [1.82, 2.24) is 0 Å². The first kappa shape index (κ1) is 24.3. The van der Waals surface area contributed by atoms with Crippen molar-refractivity contribution in [3.8, 4) is 0 Å². The highest BCUT2D eigenvalue weighted by Crippen LogP contribution is 2.46. The van der Waals surface area contributed by atoms with Crippen molar-refractivity contribution in [2.75, 3.05) is 17.5 Å². The maximum absolute atomic E-state index is 13.7. The summed E-state index contributed by atoms with van der Waals surface area (Å²) < 4.78 is 76.4. The fraction of sp³-hybridized carbons (Fsp3) is 0.273. The number of ether oxygens (including phenoxy) is 2. The number of nitrogens with zero attached hydrogens (tertiary/aromatic N) is 1. The van der Waals surface area contributed by atoms with Crippen LogP contribution in [0.3, 0.4) is 0 Å². The first-order chi connectivity index (χ1) is 15.6. The molecule has 1 aliphatic heterocycles. The second kappa shape index (κ2) is 9.26. The van der Waals surface area contributed by atoms with E-state index in [1.165, 1.54) is 32.0 Å². The minimum Gasteiger partial charge on any atom is -0.464 e. The highest BCUT2D eigenvalue weighted by Gasteiger charge is 2.57. The number of sulfonamides is 1. The maximum Gasteiger partial charge on any atom is 0.516 e. The maximum atomic E-state index is 13.7. The van der Waals surface area contributed by atoms with Gasteiger partial charge in [-0.1, -0.05) is 48.5 Å². The van der Waals surface area contributed by atoms with Crippen LogP contribution in [0.1, 0.15) is 25.0 Å². The number of fused-ring (bicyclic) bond motifs is 1. The van der Waals surface area contributed by atoms with E-state index in [2.05, 4.69) is 0 Å². The van der Waals surface area contributed by atoms with E-state index in [0.717, 1.165) is 6.07 Å². The van der Waals surface area contributed by atoms with Crippen LogP contribution < -0.4 is 4.31 Å². The molecule has 1 heterocycles. The molecule has 2 aromatic rings. The third-order valence-corrected chi connectivity index (χ3v) is 6.32. The summed E-state index contributed by atoms with van der Waals surface area (Å²) in [5, 5.41) is 0. The lowest BCUT2D eigenvalue weighted by Crippen LogP contribution is -2.54. The Balaban J connectivity index is 2.49. The number of hydrogen-bond acceptors (Lipinski definition) is 6. The molecular weight excluding hydrogens is 463 g/mol. The predicted molar refractivity (Wildman–Crippen MR) is 113 cm³/mol. The van der Waals surface area contributed by atoms with Crippen LogP contribution in [0.15, 0.2) is 60.2 Å². The number of benzene rings is 2. The molecule has 2 aromatic carbocycles. The monoisotopic (exact) mass is 483 g/mol. The van der Waals surface area contributed by atoms with Gasteiger partial charge in [-0.15, -0.1) is 0 Å². The zero-order valence-electron chi connectivity index (χ0n) is 17.6. The van der Waals surface area contributed by atoms with Crippen molar-refractivity contribution in [2.45, 2.75) is 25.4 Å². The number of alkyl halides is 3. The first-order valence-electron chi connectivity index (χ1n) is 9.89. The quantitative estimate of drug-likeness (QED) is 0.583. The van der Waals surface area contributed by atoms with Crippen molar-refractivity contribution in [3.63, 3.8) is 0 Å². The number of hydrogen-bond donors (Lipinski definition) is 0. The number of halogens is 3. The van der Waals surface area contributed by atoms with E-state index >= 15 is 0 Å². The number of esters is 2. The molecule has 0 N–H and O–H groups in total. The minimum absolute atomic E-state index is 0.0140. The summed E-state index contributed by atoms with van der Waals surface area (Å²) >= 11 is 0. The summed E-state index contributed by atoms with van der Waals surface area (Å²) in [5.74, 6) is -2.47. The van der Waals surface area contributed by atoms with Crippen molar-refractivity contribution in [1.29, 1.82) is 0 Å². The Hall–Kier alpha value is -3.34. The van der Waals surface area contributed by atoms with Crippen LogP contribution in [-0.2, 0) is 29.1 Å². The molecule has 0 fully saturated rings. The Morgan fingerprint density at radius 2 is 1.52 bits per heavy atom. The second-order valence-corrected chi connectivity index (χ2v) is 8.60. The fourth-order valence-corrected chi connectivity index (χ4v) is 4.68. The molecule has 0 radical (unpaired) electrons. The van der Waals surface area contributed by atoms with Gasteiger partial charge in [0, 0.05) is 11.1 Å². The van der Waals surface area contributed by atoms with Gasteiger partial charge in [0.15, 0.2) is 6.04 Å². The highest BCUT2D eigenvalue weighted by atomic mass is 32.2. The summed E-state index contributed by atoms with van der Waals surface area (Å²) in [4.78, 5) is 26.0. The Morgan fingerprint density at radius 3 is 2.09 bits per heavy atom. The number of anilines is 1. The van der Waals surface area contributed by atoms with E-state index < -0.39 is 44.8 Å². The van der Waals surface area contributed by atoms with Crippen LogP contribution in [0.2, 0.25) is 0 Å². The van der Waals surface area contributed by atoms with Gasteiger partial charge in [0.05, 0.1) is 24.5 Å². The zero-order valence-corrected chi connectivity index (χ0v) is 18.4. The number of carbonyl (C=O) groups excluding carboxylic acids is 2. The summed E-state index contributed by atoms with van der Waals surface area (Å²) in [6.45, 7) is 2.46. The molecule has 1 atom stereocenters. The molecule has 0 saturated heterocycles. The van der Waals surface area contributed by atoms with Gasteiger partial charge < -0.3 is 9.47 Å². The topological polar surface area (TPSA) is 90.0 Å². The zero-order chi connectivity index (χ0) is 24.4. The highest BCUT2D eigenvalue weighted by molar-refractivity contribution is 7.93. The Bertz CT molecular complexity index is 1190. The normalized spacial score (nSPS) is 16.3. The molecule has 0 aromatic heterocycles. The van der Waals surface area contributed by atoms with Gasteiger partial charge in [0.1, 0.15) is 0 Å². The molecule has 0 amide bonds. The molecular formula is C22H20F3NO6S. The van der Waals surface area contributed by atoms with Gasteiger partial charge in [-0.3, -0.25) is 0 Å². The summed E-state index contributed by atoms with van der Waals surface area (Å²) in [6.07, 6.45) is 0. The van der Waals surface area contributed by atoms with Crippen molar-refractivity contribution in [3.05, 3.63) is 71.3 Å². The second-order valence-electron chi connectivity index (χ2n) is 6.79. The Morgan fingerprint density at radius 1 is 0.939 bits per heavy atom. The molecule has 1 aliphatic rings. The summed E-state index contributed by atoms with van der Waals surface area (Å²) in [7, 11) is -6.12. The van der Waals surface area contributed by atoms with E-state index in [1.807, 2.05) is 0 Å². The molecule has 0 unspecified atom stereocenters. The van der Waals surface area contributed by atoms with E-state index in [4.69, 9.17) is 9.47 Å². The fourth-order valence-electron chi connectivity index (χ4n) is 3.57. The van der Waals surface area contributed by atoms with Gasteiger partial charge in [0.2, 0.25) is 0 Å². The van der Waals surface area contributed by atoms with Crippen LogP contribution in [0, 0.1) is 0 Å². The molecule has 0 saturated carbocycles. The molecule has 0 bridgehead atoms. The molecule has 7 nitrogen and oxygen atoms in total. The van der Waals surface area contributed by atoms with Gasteiger partial charge >= 0.3 is 27.5 Å². The third-order valence-electron chi connectivity index (χ3n) is 4.81. The lowest BCUT2D eigenvalue weighted by molar-refractivity contribution is -0.147. The lowest BCUT2D eigenvalue weighted by atomic mass is 9.85. The number of carbonyl (C=O) groups is 2. The van der Waals surface area contributed by atoms with Gasteiger partial charge in [-0.05, 0) is 25.5 Å². The van der Waals surface area contributed by atoms with Crippen molar-refractivity contribution in [2.24, 2.45) is 0 Å². The van der Waals surface area contributed by atoms with E-state index in [1.54, 1.807) is 30.3 Å². The van der Waals surface area contributed by atoms with Crippen LogP contribution in [0.4, 0.5) is 18.9 Å². The van der Waals surface area contributed by atoms with Gasteiger partial charge in [0.25, 0.3) is 0 Å². The number of rotatable bonds is 6. The number of para-hydroxylation sites is 1. The lowest BCUT2D eigenvalue weighted by Gasteiger charge is -2.38.